The van der Waals surface area contributed by atoms with E-state index >= 15 is 0 Å². The monoisotopic (exact) mass is 201 g/mol. The lowest BCUT2D eigenvalue weighted by Gasteiger charge is -2.13. The summed E-state index contributed by atoms with van der Waals surface area (Å²) in [7, 11) is 0. The minimum atomic E-state index is 0.444. The summed E-state index contributed by atoms with van der Waals surface area (Å²) in [4.78, 5) is 8.56. The van der Waals surface area contributed by atoms with Crippen LogP contribution in [0.5, 0.6) is 0 Å². The highest BCUT2D eigenvalue weighted by Gasteiger charge is 2.04. The molecule has 0 fully saturated rings. The van der Waals surface area contributed by atoms with Crippen LogP contribution in [-0.4, -0.2) is 16.0 Å². The second-order valence-corrected chi connectivity index (χ2v) is 3.72. The largest absolute Gasteiger partial charge is 0.380 e. The van der Waals surface area contributed by atoms with Crippen molar-refractivity contribution in [2.24, 2.45) is 0 Å². The SMILES string of the molecule is CCC(C)Nc1cncc2cccnc12. The fourth-order valence-electron chi connectivity index (χ4n) is 1.47. The number of pyridine rings is 2. The van der Waals surface area contributed by atoms with E-state index in [1.807, 2.05) is 30.7 Å². The summed E-state index contributed by atoms with van der Waals surface area (Å²) in [5.41, 5.74) is 2.01. The van der Waals surface area contributed by atoms with Gasteiger partial charge < -0.3 is 5.32 Å². The normalized spacial score (nSPS) is 12.7. The Bertz CT molecular complexity index is 448. The Hall–Kier alpha value is -1.64. The Morgan fingerprint density at radius 3 is 3.07 bits per heavy atom. The van der Waals surface area contributed by atoms with Crippen molar-refractivity contribution in [3.8, 4) is 0 Å². The number of rotatable bonds is 3. The van der Waals surface area contributed by atoms with Crippen molar-refractivity contribution >= 4 is 16.6 Å². The predicted molar refractivity (Wildman–Crippen MR) is 62.9 cm³/mol. The Morgan fingerprint density at radius 2 is 2.27 bits per heavy atom. The van der Waals surface area contributed by atoms with Crippen molar-refractivity contribution in [3.05, 3.63) is 30.7 Å². The zero-order valence-corrected chi connectivity index (χ0v) is 9.07. The number of anilines is 1. The van der Waals surface area contributed by atoms with Crippen LogP contribution in [0.1, 0.15) is 20.3 Å². The van der Waals surface area contributed by atoms with Crippen molar-refractivity contribution in [2.75, 3.05) is 5.32 Å². The van der Waals surface area contributed by atoms with Crippen LogP contribution in [0.2, 0.25) is 0 Å². The summed E-state index contributed by atoms with van der Waals surface area (Å²) >= 11 is 0. The number of hydrogen-bond donors (Lipinski definition) is 1. The summed E-state index contributed by atoms with van der Waals surface area (Å²) in [6.07, 6.45) is 6.57. The van der Waals surface area contributed by atoms with Crippen LogP contribution in [-0.2, 0) is 0 Å². The van der Waals surface area contributed by atoms with Gasteiger partial charge in [0.2, 0.25) is 0 Å². The summed E-state index contributed by atoms with van der Waals surface area (Å²) in [6, 6.07) is 4.40. The molecule has 78 valence electrons. The fraction of sp³-hybridized carbons (Fsp3) is 0.333. The molecule has 1 N–H and O–H groups in total. The van der Waals surface area contributed by atoms with Crippen LogP contribution >= 0.6 is 0 Å². The molecular formula is C12H15N3. The molecule has 0 spiro atoms. The van der Waals surface area contributed by atoms with Crippen LogP contribution < -0.4 is 5.32 Å². The average Bonchev–Trinajstić information content (AvgIpc) is 2.29. The molecule has 0 aliphatic rings. The van der Waals surface area contributed by atoms with Crippen molar-refractivity contribution in [3.63, 3.8) is 0 Å². The van der Waals surface area contributed by atoms with Gasteiger partial charge in [-0.15, -0.1) is 0 Å². The molecule has 0 aliphatic heterocycles. The van der Waals surface area contributed by atoms with Gasteiger partial charge in [-0.05, 0) is 25.5 Å². The van der Waals surface area contributed by atoms with Gasteiger partial charge in [-0.3, -0.25) is 9.97 Å². The van der Waals surface area contributed by atoms with Gasteiger partial charge in [0.05, 0.1) is 17.4 Å². The third kappa shape index (κ3) is 2.06. The highest BCUT2D eigenvalue weighted by molar-refractivity contribution is 5.88. The van der Waals surface area contributed by atoms with E-state index in [-0.39, 0.29) is 0 Å². The number of nitrogens with one attached hydrogen (secondary N) is 1. The quantitative estimate of drug-likeness (QED) is 0.829. The van der Waals surface area contributed by atoms with Gasteiger partial charge in [0, 0.05) is 23.8 Å². The van der Waals surface area contributed by atoms with E-state index in [0.717, 1.165) is 23.0 Å². The molecule has 0 aliphatic carbocycles. The van der Waals surface area contributed by atoms with Gasteiger partial charge in [-0.2, -0.15) is 0 Å². The highest BCUT2D eigenvalue weighted by atomic mass is 14.9. The first-order valence-corrected chi connectivity index (χ1v) is 5.26. The van der Waals surface area contributed by atoms with Crippen LogP contribution in [0.4, 0.5) is 5.69 Å². The van der Waals surface area contributed by atoms with Gasteiger partial charge in [-0.25, -0.2) is 0 Å². The first-order chi connectivity index (χ1) is 7.31. The molecule has 15 heavy (non-hydrogen) atoms. The van der Waals surface area contributed by atoms with E-state index in [1.54, 1.807) is 0 Å². The van der Waals surface area contributed by atoms with E-state index in [2.05, 4.69) is 29.1 Å². The molecule has 3 heteroatoms. The molecule has 2 aromatic heterocycles. The van der Waals surface area contributed by atoms with Crippen LogP contribution in [0.15, 0.2) is 30.7 Å². The lowest BCUT2D eigenvalue weighted by atomic mass is 10.2. The summed E-state index contributed by atoms with van der Waals surface area (Å²) in [6.45, 7) is 4.31. The molecule has 1 atom stereocenters. The van der Waals surface area contributed by atoms with E-state index in [9.17, 15) is 0 Å². The van der Waals surface area contributed by atoms with E-state index in [0.29, 0.717) is 6.04 Å². The minimum absolute atomic E-state index is 0.444. The Kier molecular flexibility index (Phi) is 2.81. The molecule has 2 rings (SSSR count). The topological polar surface area (TPSA) is 37.8 Å². The predicted octanol–water partition coefficient (Wildman–Crippen LogP) is 2.84. The van der Waals surface area contributed by atoms with Gasteiger partial charge in [-0.1, -0.05) is 6.92 Å². The molecule has 0 saturated heterocycles. The molecule has 2 heterocycles. The molecule has 0 bridgehead atoms. The maximum absolute atomic E-state index is 4.37. The van der Waals surface area contributed by atoms with Crippen molar-refractivity contribution < 1.29 is 0 Å². The van der Waals surface area contributed by atoms with Crippen molar-refractivity contribution in [1.29, 1.82) is 0 Å². The second kappa shape index (κ2) is 4.26. The molecule has 0 radical (unpaired) electrons. The van der Waals surface area contributed by atoms with Gasteiger partial charge in [0.25, 0.3) is 0 Å². The van der Waals surface area contributed by atoms with Gasteiger partial charge in [0.15, 0.2) is 0 Å². The Morgan fingerprint density at radius 1 is 1.40 bits per heavy atom. The standard InChI is InChI=1S/C12H15N3/c1-3-9(2)15-11-8-13-7-10-5-4-6-14-12(10)11/h4-9,15H,3H2,1-2H3. The lowest BCUT2D eigenvalue weighted by molar-refractivity contribution is 0.764. The van der Waals surface area contributed by atoms with Crippen molar-refractivity contribution in [1.82, 2.24) is 9.97 Å². The molecule has 2 aromatic rings. The summed E-state index contributed by atoms with van der Waals surface area (Å²) in [5, 5.41) is 4.48. The first-order valence-electron chi connectivity index (χ1n) is 5.26. The highest BCUT2D eigenvalue weighted by Crippen LogP contribution is 2.19. The Labute approximate surface area is 89.6 Å². The molecule has 1 unspecified atom stereocenters. The first kappa shape index (κ1) is 9.90. The number of nitrogens with zero attached hydrogens (tertiary/aromatic N) is 2. The number of aromatic nitrogens is 2. The third-order valence-electron chi connectivity index (χ3n) is 2.53. The van der Waals surface area contributed by atoms with Gasteiger partial charge >= 0.3 is 0 Å². The molecular weight excluding hydrogens is 186 g/mol. The molecule has 0 saturated carbocycles. The third-order valence-corrected chi connectivity index (χ3v) is 2.53. The van der Waals surface area contributed by atoms with E-state index in [4.69, 9.17) is 0 Å². The van der Waals surface area contributed by atoms with E-state index < -0.39 is 0 Å². The minimum Gasteiger partial charge on any atom is -0.380 e. The zero-order valence-electron chi connectivity index (χ0n) is 9.07. The molecule has 0 aromatic carbocycles. The average molecular weight is 201 g/mol. The lowest BCUT2D eigenvalue weighted by Crippen LogP contribution is -2.13. The fourth-order valence-corrected chi connectivity index (χ4v) is 1.47. The van der Waals surface area contributed by atoms with E-state index in [1.165, 1.54) is 0 Å². The zero-order chi connectivity index (χ0) is 10.7. The maximum atomic E-state index is 4.37. The van der Waals surface area contributed by atoms with Gasteiger partial charge in [0.1, 0.15) is 0 Å². The Balaban J connectivity index is 2.42. The van der Waals surface area contributed by atoms with Crippen LogP contribution in [0.3, 0.4) is 0 Å². The molecule has 3 nitrogen and oxygen atoms in total. The number of hydrogen-bond acceptors (Lipinski definition) is 3. The number of fused-ring (bicyclic) bond motifs is 1. The van der Waals surface area contributed by atoms with Crippen LogP contribution in [0, 0.1) is 0 Å². The smallest absolute Gasteiger partial charge is 0.0964 e. The summed E-state index contributed by atoms with van der Waals surface area (Å²) in [5.74, 6) is 0. The van der Waals surface area contributed by atoms with Crippen molar-refractivity contribution in [2.45, 2.75) is 26.3 Å². The molecule has 0 amide bonds. The maximum Gasteiger partial charge on any atom is 0.0964 e. The summed E-state index contributed by atoms with van der Waals surface area (Å²) < 4.78 is 0. The van der Waals surface area contributed by atoms with Crippen LogP contribution in [0.25, 0.3) is 10.9 Å². The second-order valence-electron chi connectivity index (χ2n) is 3.72.